The maximum Gasteiger partial charge on any atom is 0.237 e. The van der Waals surface area contributed by atoms with Gasteiger partial charge in [0.05, 0.1) is 183 Å². The van der Waals surface area contributed by atoms with E-state index in [9.17, 15) is 42.1 Å². The van der Waals surface area contributed by atoms with Gasteiger partial charge < -0.3 is 52.9 Å². The summed E-state index contributed by atoms with van der Waals surface area (Å²) in [4.78, 5) is 80.1. The first kappa shape index (κ1) is 102. The van der Waals surface area contributed by atoms with Gasteiger partial charge in [0.25, 0.3) is 0 Å². The van der Waals surface area contributed by atoms with E-state index in [-0.39, 0.29) is 59.0 Å². The Morgan fingerprint density at radius 1 is 0.343 bits per heavy atom. The summed E-state index contributed by atoms with van der Waals surface area (Å²) in [5.74, 6) is 8.46. The predicted octanol–water partition coefficient (Wildman–Crippen LogP) is 12.5. The van der Waals surface area contributed by atoms with Gasteiger partial charge >= 0.3 is 0 Å². The summed E-state index contributed by atoms with van der Waals surface area (Å²) in [5, 5.41) is -2.50. The Balaban J connectivity index is 0.000000118. The summed E-state index contributed by atoms with van der Waals surface area (Å²) in [5.41, 5.74) is 11.1. The minimum Gasteiger partial charge on any atom is -0.481 e. The third-order valence-corrected chi connectivity index (χ3v) is 38.8. The lowest BCUT2D eigenvalue weighted by Crippen LogP contribution is -2.44. The van der Waals surface area contributed by atoms with Crippen molar-refractivity contribution in [2.75, 3.05) is 159 Å². The smallest absolute Gasteiger partial charge is 0.237 e. The molecule has 38 nitrogen and oxygen atoms in total. The molecule has 0 bridgehead atoms. The van der Waals surface area contributed by atoms with Crippen LogP contribution >= 0.6 is 11.6 Å². The summed E-state index contributed by atoms with van der Waals surface area (Å²) in [6, 6.07) is 36.6. The van der Waals surface area contributed by atoms with Crippen molar-refractivity contribution >= 4 is 112 Å². The van der Waals surface area contributed by atoms with E-state index in [0.717, 1.165) is 97.3 Å². The van der Waals surface area contributed by atoms with Crippen LogP contribution in [0.2, 0.25) is 5.15 Å². The number of imidazole rings is 2. The number of rotatable bonds is 16. The second-order valence-corrected chi connectivity index (χ2v) is 49.9. The molecule has 5 unspecified atom stereocenters. The van der Waals surface area contributed by atoms with Crippen LogP contribution < -0.4 is 29.2 Å². The van der Waals surface area contributed by atoms with E-state index in [1.54, 1.807) is 31.8 Å². The predicted molar refractivity (Wildman–Crippen MR) is 547 cm³/mol. The molecule has 10 aliphatic rings. The monoisotopic (exact) mass is 2070 g/mol. The number of aromatic nitrogens is 17. The van der Waals surface area contributed by atoms with Crippen LogP contribution in [0, 0.1) is 27.7 Å². The summed E-state index contributed by atoms with van der Waals surface area (Å²) in [7, 11) is -14.4. The summed E-state index contributed by atoms with van der Waals surface area (Å²) < 4.78 is 163. The van der Waals surface area contributed by atoms with Crippen molar-refractivity contribution in [3.63, 3.8) is 0 Å². The molecule has 0 aliphatic carbocycles. The molecule has 20 heterocycles. The van der Waals surface area contributed by atoms with Gasteiger partial charge in [0.1, 0.15) is 72.6 Å². The molecular formula is C99H121ClN22O16S5. The fraction of sp³-hybridized carbons (Fsp3) is 0.505. The molecule has 0 N–H and O–H groups in total. The highest BCUT2D eigenvalue weighted by Gasteiger charge is 2.42. The average molecular weight is 2070 g/mol. The van der Waals surface area contributed by atoms with Crippen molar-refractivity contribution < 1.29 is 70.5 Å². The molecule has 44 heteroatoms. The van der Waals surface area contributed by atoms with Gasteiger partial charge in [0, 0.05) is 109 Å². The second kappa shape index (κ2) is 43.3. The van der Waals surface area contributed by atoms with E-state index in [4.69, 9.17) is 74.9 Å². The molecule has 0 radical (unpaired) electrons. The lowest BCUT2D eigenvalue weighted by molar-refractivity contribution is 0.0984. The molecule has 2 aromatic carbocycles. The average Bonchev–Trinajstić information content (AvgIpc) is 1.65. The van der Waals surface area contributed by atoms with Crippen molar-refractivity contribution in [2.45, 2.75) is 183 Å². The number of pyridine rings is 3. The number of methoxy groups -OCH3 is 1. The van der Waals surface area contributed by atoms with Gasteiger partial charge in [-0.3, -0.25) is 14.1 Å². The number of sulfone groups is 5. The number of hydrogen-bond acceptors (Lipinski definition) is 36. The Labute approximate surface area is 839 Å². The Morgan fingerprint density at radius 3 is 1.06 bits per heavy atom. The molecule has 12 aromatic rings. The number of morpholine rings is 5. The van der Waals surface area contributed by atoms with Crippen LogP contribution in [0.1, 0.15) is 176 Å². The van der Waals surface area contributed by atoms with Crippen LogP contribution in [-0.2, 0) is 72.9 Å². The van der Waals surface area contributed by atoms with Crippen molar-refractivity contribution in [3.05, 3.63) is 184 Å². The van der Waals surface area contributed by atoms with E-state index in [2.05, 4.69) is 99.0 Å². The fourth-order valence-electron chi connectivity index (χ4n) is 20.2. The normalized spacial score (nSPS) is 24.3. The number of aryl methyl sites for hydroxylation is 4. The number of nitrogens with zero attached hydrogens (tertiary/aromatic N) is 22. The van der Waals surface area contributed by atoms with Crippen molar-refractivity contribution in [2.24, 2.45) is 0 Å². The number of para-hydroxylation sites is 4. The quantitative estimate of drug-likeness (QED) is 0.0811. The van der Waals surface area contributed by atoms with Gasteiger partial charge in [-0.15, -0.1) is 0 Å². The van der Waals surface area contributed by atoms with Crippen LogP contribution in [0.15, 0.2) is 128 Å². The molecule has 22 rings (SSSR count). The van der Waals surface area contributed by atoms with Crippen LogP contribution in [0.5, 0.6) is 5.88 Å². The highest BCUT2D eigenvalue weighted by molar-refractivity contribution is 7.93. The maximum atomic E-state index is 12.7. The minimum absolute atomic E-state index is 0.146. The topological polar surface area (TPSA) is 445 Å². The highest BCUT2D eigenvalue weighted by Crippen LogP contribution is 2.44. The second-order valence-electron chi connectivity index (χ2n) is 38.0. The van der Waals surface area contributed by atoms with Crippen LogP contribution in [0.3, 0.4) is 0 Å². The van der Waals surface area contributed by atoms with Crippen molar-refractivity contribution in [1.29, 1.82) is 0 Å². The van der Waals surface area contributed by atoms with E-state index >= 15 is 0 Å². The first-order valence-electron chi connectivity index (χ1n) is 48.8. The molecule has 10 aliphatic heterocycles. The lowest BCUT2D eigenvalue weighted by Gasteiger charge is -2.34. The fourth-order valence-corrected chi connectivity index (χ4v) is 29.8. The molecule has 10 aromatic heterocycles. The van der Waals surface area contributed by atoms with Crippen LogP contribution in [-0.4, -0.2) is 291 Å². The van der Waals surface area contributed by atoms with Crippen LogP contribution in [0.25, 0.3) is 68.1 Å². The molecule has 0 saturated carbocycles. The minimum atomic E-state index is -3.20. The standard InChI is InChI=1S/C21H25N5O3S.C20H23N5O3S.C20H26N4O4S.C19H23ClN4O3S.C19H24N4O3S/c1-14-13-29-10-9-25(14)20-12-17(19-8-5-11-30(19,27)28)23-21(24-20)26-15(2)22-16-6-3-4-7-18(16)26;1-14-12-28-9-8-24(14)19-11-16(18-7-4-10-29(18,26)27)22-20(23-19)25-13-21-15-5-2-3-6-17(15)25;1-13-9-15(10-19(21-13)27-3)20-22-16(17-5-4-8-29(17,25)26)11-18(23-20)24-6-7-28-12-14(24)2;1-12-8-14(9-17(20)21-12)19-22-15(16-4-3-7-28(16,25)26)10-18(23-19)24-5-6-27-11-13(24)2;1-13-10-15(5-6-20-13)19-21-16(17-4-3-9-27(17,24)25)11-18(22-19)23-7-8-26-12-14(23)2/h3-4,6-7,12,14,19H,5,8-11,13H2,1-2H3;2-3,5-6,11,13-14,18H,4,7-10,12H2,1H3;9-11,14,17H,4-8,12H2,1-3H3;8-10,13,16H,3-7,11H2,1-2H3;5-6,10-11,14,17H,3-4,7-9,12H2,1-2H3/t14-,19?;14-,18?;14-,17?;13-,16?;14-,17?/m11111/s1. The summed E-state index contributed by atoms with van der Waals surface area (Å²) in [6.07, 6.45) is 9.77. The van der Waals surface area contributed by atoms with Gasteiger partial charge in [0.2, 0.25) is 17.8 Å². The van der Waals surface area contributed by atoms with Crippen molar-refractivity contribution in [3.8, 4) is 51.9 Å². The molecule has 143 heavy (non-hydrogen) atoms. The number of benzene rings is 2. The number of ether oxygens (including phenoxy) is 6. The van der Waals surface area contributed by atoms with Crippen molar-refractivity contribution in [1.82, 2.24) is 83.9 Å². The molecule has 10 fully saturated rings. The number of halogens is 1. The Hall–Kier alpha value is -11.1. The zero-order chi connectivity index (χ0) is 100. The van der Waals surface area contributed by atoms with E-state index in [1.807, 2.05) is 140 Å². The molecule has 0 spiro atoms. The van der Waals surface area contributed by atoms with Gasteiger partial charge in [-0.05, 0) is 181 Å². The van der Waals surface area contributed by atoms with E-state index in [0.29, 0.717) is 225 Å². The Kier molecular flexibility index (Phi) is 30.8. The molecule has 760 valence electrons. The van der Waals surface area contributed by atoms with Gasteiger partial charge in [-0.2, -0.15) is 9.97 Å². The summed E-state index contributed by atoms with van der Waals surface area (Å²) >= 11 is 6.13. The Bertz CT molecular complexity index is 7280. The largest absolute Gasteiger partial charge is 0.481 e. The zero-order valence-corrected chi connectivity index (χ0v) is 86.7. The molecular weight excluding hydrogens is 1950 g/mol. The van der Waals surface area contributed by atoms with Gasteiger partial charge in [0.15, 0.2) is 66.7 Å². The number of fused-ring (bicyclic) bond motifs is 2. The van der Waals surface area contributed by atoms with Gasteiger partial charge in [-0.25, -0.2) is 102 Å². The third-order valence-electron chi connectivity index (χ3n) is 27.6. The first-order chi connectivity index (χ1) is 68.6. The molecule has 10 atom stereocenters. The zero-order valence-electron chi connectivity index (χ0n) is 81.9. The molecule has 10 saturated heterocycles. The Morgan fingerprint density at radius 2 is 0.685 bits per heavy atom. The van der Waals surface area contributed by atoms with Crippen LogP contribution in [0.4, 0.5) is 29.1 Å². The first-order valence-corrected chi connectivity index (χ1v) is 57.8. The summed E-state index contributed by atoms with van der Waals surface area (Å²) in [6.45, 7) is 27.7. The lowest BCUT2D eigenvalue weighted by atomic mass is 10.1. The van der Waals surface area contributed by atoms with E-state index in [1.165, 1.54) is 0 Å². The maximum absolute atomic E-state index is 12.7. The number of anilines is 5. The third kappa shape index (κ3) is 22.9. The van der Waals surface area contributed by atoms with Gasteiger partial charge in [-0.1, -0.05) is 35.9 Å². The molecule has 0 amide bonds. The van der Waals surface area contributed by atoms with E-state index < -0.39 is 75.4 Å². The highest BCUT2D eigenvalue weighted by atomic mass is 35.5. The SMILES string of the molecule is COc1cc(-c2nc(C3CCCS3(=O)=O)cc(N3CCOC[C@H]3C)n2)cc(C)n1.C[C@@H]1COCCN1c1cc(C2CCCS2(=O)=O)nc(-n2cnc3ccccc32)n1.Cc1cc(-c2nc(C3CCCS3(=O)=O)cc(N3CCOC[C@H]3C)n2)cc(Cl)n1.Cc1cc(-c2nc(C3CCCS3(=O)=O)cc(N3CCOC[C@H]3C)n2)ccn1.Cc1nc2ccccc2n1-c1nc(C2CCCS2(=O)=O)cc(N2CCOC[C@H]2C)n1. The number of hydrogen-bond donors (Lipinski definition) is 0.